The SMILES string of the molecule is CCOC(=O)C1=C(C)N=C2Sc3ccccc3N2C1c1ccccc1Cl. The lowest BCUT2D eigenvalue weighted by molar-refractivity contribution is -0.138. The molecule has 2 heterocycles. The molecular formula is C20H17ClN2O2S. The summed E-state index contributed by atoms with van der Waals surface area (Å²) in [5.74, 6) is -0.355. The van der Waals surface area contributed by atoms with Gasteiger partial charge in [0.25, 0.3) is 0 Å². The Morgan fingerprint density at radius 1 is 1.23 bits per heavy atom. The number of allylic oxidation sites excluding steroid dienone is 1. The Morgan fingerprint density at radius 2 is 1.96 bits per heavy atom. The Balaban J connectivity index is 1.93. The summed E-state index contributed by atoms with van der Waals surface area (Å²) in [4.78, 5) is 20.7. The highest BCUT2D eigenvalue weighted by Gasteiger charge is 2.42. The van der Waals surface area contributed by atoms with Crippen molar-refractivity contribution >= 4 is 40.2 Å². The van der Waals surface area contributed by atoms with E-state index in [0.717, 1.165) is 21.3 Å². The van der Waals surface area contributed by atoms with Gasteiger partial charge in [-0.3, -0.25) is 0 Å². The van der Waals surface area contributed by atoms with Crippen molar-refractivity contribution in [3.63, 3.8) is 0 Å². The van der Waals surface area contributed by atoms with E-state index in [1.165, 1.54) is 0 Å². The number of carbonyl (C=O) groups excluding carboxylic acids is 1. The maximum Gasteiger partial charge on any atom is 0.338 e. The van der Waals surface area contributed by atoms with Crippen molar-refractivity contribution < 1.29 is 9.53 Å². The molecule has 26 heavy (non-hydrogen) atoms. The van der Waals surface area contributed by atoms with Gasteiger partial charge >= 0.3 is 5.97 Å². The normalized spacial score (nSPS) is 18.3. The third-order valence-corrected chi connectivity index (χ3v) is 5.79. The molecule has 4 nitrogen and oxygen atoms in total. The van der Waals surface area contributed by atoms with Gasteiger partial charge < -0.3 is 9.64 Å². The largest absolute Gasteiger partial charge is 0.463 e. The molecule has 0 fully saturated rings. The van der Waals surface area contributed by atoms with Crippen LogP contribution in [0.15, 0.2) is 69.7 Å². The zero-order valence-corrected chi connectivity index (χ0v) is 16.0. The molecule has 0 spiro atoms. The molecular weight excluding hydrogens is 368 g/mol. The van der Waals surface area contributed by atoms with Gasteiger partial charge in [0.05, 0.1) is 29.6 Å². The number of amidine groups is 1. The molecule has 1 atom stereocenters. The molecule has 2 aromatic carbocycles. The van der Waals surface area contributed by atoms with Gasteiger partial charge in [0.15, 0.2) is 5.17 Å². The highest BCUT2D eigenvalue weighted by molar-refractivity contribution is 8.14. The Hall–Kier alpha value is -2.24. The third-order valence-electron chi connectivity index (χ3n) is 4.41. The molecule has 132 valence electrons. The van der Waals surface area contributed by atoms with E-state index in [0.29, 0.717) is 22.9 Å². The van der Waals surface area contributed by atoms with Crippen molar-refractivity contribution in [2.45, 2.75) is 24.8 Å². The molecule has 2 aromatic rings. The van der Waals surface area contributed by atoms with Crippen LogP contribution in [0.2, 0.25) is 5.02 Å². The number of hydrogen-bond acceptors (Lipinski definition) is 5. The van der Waals surface area contributed by atoms with Crippen molar-refractivity contribution in [3.05, 3.63) is 70.4 Å². The van der Waals surface area contributed by atoms with Gasteiger partial charge in [-0.1, -0.05) is 41.9 Å². The molecule has 0 bridgehead atoms. The van der Waals surface area contributed by atoms with Crippen LogP contribution in [0.1, 0.15) is 25.5 Å². The number of rotatable bonds is 3. The van der Waals surface area contributed by atoms with Crippen molar-refractivity contribution in [1.29, 1.82) is 0 Å². The number of halogens is 1. The Kier molecular flexibility index (Phi) is 4.51. The lowest BCUT2D eigenvalue weighted by Crippen LogP contribution is -2.37. The summed E-state index contributed by atoms with van der Waals surface area (Å²) >= 11 is 8.12. The van der Waals surface area contributed by atoms with Gasteiger partial charge in [0.2, 0.25) is 0 Å². The summed E-state index contributed by atoms with van der Waals surface area (Å²) in [5, 5.41) is 1.46. The van der Waals surface area contributed by atoms with E-state index in [1.807, 2.05) is 49.4 Å². The van der Waals surface area contributed by atoms with Crippen molar-refractivity contribution in [2.75, 3.05) is 11.5 Å². The summed E-state index contributed by atoms with van der Waals surface area (Å²) in [5.41, 5.74) is 3.08. The molecule has 2 aliphatic rings. The van der Waals surface area contributed by atoms with Crippen molar-refractivity contribution in [3.8, 4) is 0 Å². The fourth-order valence-corrected chi connectivity index (χ4v) is 4.65. The van der Waals surface area contributed by atoms with Crippen LogP contribution in [-0.4, -0.2) is 17.7 Å². The predicted octanol–water partition coefficient (Wildman–Crippen LogP) is 5.20. The van der Waals surface area contributed by atoms with Gasteiger partial charge in [0, 0.05) is 9.92 Å². The number of anilines is 1. The molecule has 0 N–H and O–H groups in total. The monoisotopic (exact) mass is 384 g/mol. The molecule has 4 rings (SSSR count). The number of hydrogen-bond donors (Lipinski definition) is 0. The molecule has 0 saturated carbocycles. The molecule has 6 heteroatoms. The summed E-state index contributed by atoms with van der Waals surface area (Å²) < 4.78 is 5.34. The van der Waals surface area contributed by atoms with Gasteiger partial charge in [-0.25, -0.2) is 9.79 Å². The minimum Gasteiger partial charge on any atom is -0.463 e. The summed E-state index contributed by atoms with van der Waals surface area (Å²) in [6, 6.07) is 15.3. The second-order valence-electron chi connectivity index (χ2n) is 5.98. The van der Waals surface area contributed by atoms with Crippen molar-refractivity contribution in [2.24, 2.45) is 4.99 Å². The maximum absolute atomic E-state index is 12.8. The summed E-state index contributed by atoms with van der Waals surface area (Å²) in [6.07, 6.45) is 0. The van der Waals surface area contributed by atoms with Crippen molar-refractivity contribution in [1.82, 2.24) is 0 Å². The number of ether oxygens (including phenoxy) is 1. The molecule has 0 saturated heterocycles. The minimum atomic E-state index is -0.369. The van der Waals surface area contributed by atoms with Gasteiger partial charge in [-0.15, -0.1) is 0 Å². The van der Waals surface area contributed by atoms with Gasteiger partial charge in [-0.2, -0.15) is 0 Å². The Morgan fingerprint density at radius 3 is 2.73 bits per heavy atom. The minimum absolute atomic E-state index is 0.312. The highest BCUT2D eigenvalue weighted by Crippen LogP contribution is 2.50. The highest BCUT2D eigenvalue weighted by atomic mass is 35.5. The number of carbonyl (C=O) groups is 1. The van der Waals surface area contributed by atoms with E-state index in [2.05, 4.69) is 11.0 Å². The first-order valence-electron chi connectivity index (χ1n) is 8.39. The predicted molar refractivity (Wildman–Crippen MR) is 106 cm³/mol. The zero-order valence-electron chi connectivity index (χ0n) is 14.4. The number of para-hydroxylation sites is 1. The number of thioether (sulfide) groups is 1. The van der Waals surface area contributed by atoms with Crippen LogP contribution >= 0.6 is 23.4 Å². The van der Waals surface area contributed by atoms with E-state index in [1.54, 1.807) is 18.7 Å². The van der Waals surface area contributed by atoms with E-state index < -0.39 is 0 Å². The first-order chi connectivity index (χ1) is 12.6. The van der Waals surface area contributed by atoms with Crippen LogP contribution in [0.25, 0.3) is 0 Å². The molecule has 0 aliphatic carbocycles. The van der Waals surface area contributed by atoms with Crippen LogP contribution in [0.4, 0.5) is 5.69 Å². The van der Waals surface area contributed by atoms with Gasteiger partial charge in [-0.05, 0) is 49.4 Å². The van der Waals surface area contributed by atoms with Crippen LogP contribution in [0.3, 0.4) is 0 Å². The first-order valence-corrected chi connectivity index (χ1v) is 9.58. The average Bonchev–Trinajstić information content (AvgIpc) is 2.99. The molecule has 1 unspecified atom stereocenters. The first kappa shape index (κ1) is 17.2. The lowest BCUT2D eigenvalue weighted by atomic mass is 9.94. The van der Waals surface area contributed by atoms with E-state index in [9.17, 15) is 4.79 Å². The number of esters is 1. The van der Waals surface area contributed by atoms with E-state index in [4.69, 9.17) is 21.3 Å². The van der Waals surface area contributed by atoms with Crippen LogP contribution in [0.5, 0.6) is 0 Å². The standard InChI is InChI=1S/C20H17ClN2O2S/c1-3-25-19(24)17-12(2)22-20-23(15-10-6-7-11-16(15)26-20)18(17)13-8-4-5-9-14(13)21/h4-11,18H,3H2,1-2H3. The van der Waals surface area contributed by atoms with E-state index in [-0.39, 0.29) is 12.0 Å². The smallest absolute Gasteiger partial charge is 0.338 e. The second-order valence-corrected chi connectivity index (χ2v) is 7.39. The number of benzene rings is 2. The second kappa shape index (κ2) is 6.82. The number of fused-ring (bicyclic) bond motifs is 3. The van der Waals surface area contributed by atoms with E-state index >= 15 is 0 Å². The third kappa shape index (κ3) is 2.72. The fraction of sp³-hybridized carbons (Fsp3) is 0.200. The van der Waals surface area contributed by atoms with Crippen LogP contribution < -0.4 is 4.90 Å². The molecule has 0 aromatic heterocycles. The number of aliphatic imine (C=N–C) groups is 1. The summed E-state index contributed by atoms with van der Waals surface area (Å²) in [7, 11) is 0. The average molecular weight is 385 g/mol. The van der Waals surface area contributed by atoms with Crippen LogP contribution in [0, 0.1) is 0 Å². The quantitative estimate of drug-likeness (QED) is 0.682. The van der Waals surface area contributed by atoms with Crippen LogP contribution in [-0.2, 0) is 9.53 Å². The maximum atomic E-state index is 12.8. The zero-order chi connectivity index (χ0) is 18.3. The fourth-order valence-electron chi connectivity index (χ4n) is 3.31. The lowest BCUT2D eigenvalue weighted by Gasteiger charge is -2.35. The van der Waals surface area contributed by atoms with Gasteiger partial charge in [0.1, 0.15) is 0 Å². The topological polar surface area (TPSA) is 41.9 Å². The Labute approximate surface area is 161 Å². The Bertz CT molecular complexity index is 954. The number of nitrogens with zero attached hydrogens (tertiary/aromatic N) is 2. The molecule has 2 aliphatic heterocycles. The molecule has 0 radical (unpaired) electrons. The molecule has 0 amide bonds. The summed E-state index contributed by atoms with van der Waals surface area (Å²) in [6.45, 7) is 3.97.